The molecule has 21 heavy (non-hydrogen) atoms. The van der Waals surface area contributed by atoms with E-state index in [-0.39, 0.29) is 18.7 Å². The number of aliphatic hydroxyl groups excluding tert-OH is 1. The van der Waals surface area contributed by atoms with Crippen molar-refractivity contribution in [1.82, 2.24) is 10.2 Å². The van der Waals surface area contributed by atoms with Crippen molar-refractivity contribution in [1.29, 1.82) is 0 Å². The van der Waals surface area contributed by atoms with Gasteiger partial charge in [-0.15, -0.1) is 0 Å². The maximum absolute atomic E-state index is 12.1. The summed E-state index contributed by atoms with van der Waals surface area (Å²) in [7, 11) is 0. The molecule has 1 aliphatic heterocycles. The van der Waals surface area contributed by atoms with Gasteiger partial charge in [0.15, 0.2) is 0 Å². The van der Waals surface area contributed by atoms with Crippen LogP contribution in [-0.2, 0) is 6.54 Å². The van der Waals surface area contributed by atoms with Crippen molar-refractivity contribution in [3.63, 3.8) is 0 Å². The second-order valence-electron chi connectivity index (χ2n) is 5.83. The van der Waals surface area contributed by atoms with E-state index in [1.54, 1.807) is 4.90 Å². The summed E-state index contributed by atoms with van der Waals surface area (Å²) >= 11 is 0. The minimum atomic E-state index is -0.0891. The second kappa shape index (κ2) is 7.31. The molecule has 0 unspecified atom stereocenters. The zero-order valence-corrected chi connectivity index (χ0v) is 12.8. The van der Waals surface area contributed by atoms with Crippen molar-refractivity contribution in [2.24, 2.45) is 0 Å². The number of carbonyl (C=O) groups is 1. The van der Waals surface area contributed by atoms with Gasteiger partial charge in [-0.3, -0.25) is 0 Å². The van der Waals surface area contributed by atoms with Gasteiger partial charge in [0.05, 0.1) is 12.6 Å². The molecule has 0 spiro atoms. The monoisotopic (exact) mass is 291 g/mol. The molecule has 116 valence electrons. The van der Waals surface area contributed by atoms with Gasteiger partial charge in [-0.2, -0.15) is 0 Å². The maximum Gasteiger partial charge on any atom is 0.317 e. The van der Waals surface area contributed by atoms with Gasteiger partial charge < -0.3 is 20.6 Å². The maximum atomic E-state index is 12.1. The molecule has 2 amide bonds. The molecule has 1 saturated heterocycles. The van der Waals surface area contributed by atoms with Crippen LogP contribution < -0.4 is 10.6 Å². The molecule has 0 saturated carbocycles. The number of nitrogens with zero attached hydrogens (tertiary/aromatic N) is 1. The Balaban J connectivity index is 1.89. The number of hydrogen-bond donors (Lipinski definition) is 3. The number of amides is 2. The smallest absolute Gasteiger partial charge is 0.317 e. The van der Waals surface area contributed by atoms with Crippen molar-refractivity contribution >= 4 is 11.7 Å². The molecule has 1 aromatic carbocycles. The summed E-state index contributed by atoms with van der Waals surface area (Å²) in [4.78, 5) is 13.9. The first-order chi connectivity index (χ1) is 10.1. The SMILES string of the molecule is CC(C)Nc1cccc(CNC(=O)N2CCC[C@H]2CO)c1. The average molecular weight is 291 g/mol. The molecule has 0 aromatic heterocycles. The summed E-state index contributed by atoms with van der Waals surface area (Å²) in [6, 6.07) is 8.32. The number of carbonyl (C=O) groups excluding carboxylic acids is 1. The number of aliphatic hydroxyl groups is 1. The zero-order chi connectivity index (χ0) is 15.2. The van der Waals surface area contributed by atoms with E-state index in [9.17, 15) is 9.90 Å². The van der Waals surface area contributed by atoms with Crippen LogP contribution in [-0.4, -0.2) is 41.3 Å². The van der Waals surface area contributed by atoms with Crippen LogP contribution in [0.2, 0.25) is 0 Å². The van der Waals surface area contributed by atoms with Crippen LogP contribution >= 0.6 is 0 Å². The van der Waals surface area contributed by atoms with Crippen LogP contribution in [0.3, 0.4) is 0 Å². The van der Waals surface area contributed by atoms with Crippen LogP contribution in [0.25, 0.3) is 0 Å². The summed E-state index contributed by atoms with van der Waals surface area (Å²) in [6.07, 6.45) is 1.85. The number of likely N-dealkylation sites (tertiary alicyclic amines) is 1. The third-order valence-electron chi connectivity index (χ3n) is 3.67. The minimum Gasteiger partial charge on any atom is -0.394 e. The summed E-state index contributed by atoms with van der Waals surface area (Å²) in [5.74, 6) is 0. The Morgan fingerprint density at radius 2 is 2.29 bits per heavy atom. The highest BCUT2D eigenvalue weighted by Crippen LogP contribution is 2.17. The lowest BCUT2D eigenvalue weighted by atomic mass is 10.2. The number of rotatable bonds is 5. The van der Waals surface area contributed by atoms with Gasteiger partial charge in [-0.1, -0.05) is 12.1 Å². The highest BCUT2D eigenvalue weighted by atomic mass is 16.3. The molecular weight excluding hydrogens is 266 g/mol. The van der Waals surface area contributed by atoms with Crippen molar-refractivity contribution in [2.45, 2.75) is 45.3 Å². The molecule has 2 rings (SSSR count). The van der Waals surface area contributed by atoms with E-state index in [1.165, 1.54) is 0 Å². The Labute approximate surface area is 126 Å². The predicted molar refractivity (Wildman–Crippen MR) is 84.3 cm³/mol. The van der Waals surface area contributed by atoms with E-state index in [1.807, 2.05) is 24.3 Å². The fourth-order valence-electron chi connectivity index (χ4n) is 2.68. The van der Waals surface area contributed by atoms with Crippen molar-refractivity contribution in [2.75, 3.05) is 18.5 Å². The highest BCUT2D eigenvalue weighted by molar-refractivity contribution is 5.74. The lowest BCUT2D eigenvalue weighted by molar-refractivity contribution is 0.157. The van der Waals surface area contributed by atoms with Crippen LogP contribution in [0.4, 0.5) is 10.5 Å². The summed E-state index contributed by atoms with van der Waals surface area (Å²) in [6.45, 7) is 5.46. The number of hydrogen-bond acceptors (Lipinski definition) is 3. The predicted octanol–water partition coefficient (Wildman–Crippen LogP) is 2.17. The Morgan fingerprint density at radius 1 is 1.48 bits per heavy atom. The topological polar surface area (TPSA) is 64.6 Å². The largest absolute Gasteiger partial charge is 0.394 e. The number of urea groups is 1. The third-order valence-corrected chi connectivity index (χ3v) is 3.67. The molecular formula is C16H25N3O2. The molecule has 5 heteroatoms. The van der Waals surface area contributed by atoms with E-state index in [0.717, 1.165) is 30.6 Å². The molecule has 3 N–H and O–H groups in total. The Morgan fingerprint density at radius 3 is 3.00 bits per heavy atom. The zero-order valence-electron chi connectivity index (χ0n) is 12.8. The highest BCUT2D eigenvalue weighted by Gasteiger charge is 2.27. The molecule has 0 aliphatic carbocycles. The molecule has 1 aromatic rings. The van der Waals surface area contributed by atoms with Crippen LogP contribution in [0.5, 0.6) is 0 Å². The minimum absolute atomic E-state index is 0.0288. The van der Waals surface area contributed by atoms with E-state index in [0.29, 0.717) is 12.6 Å². The van der Waals surface area contributed by atoms with Crippen LogP contribution in [0, 0.1) is 0 Å². The van der Waals surface area contributed by atoms with Crippen LogP contribution in [0.15, 0.2) is 24.3 Å². The van der Waals surface area contributed by atoms with Gasteiger partial charge in [0, 0.05) is 24.8 Å². The fraction of sp³-hybridized carbons (Fsp3) is 0.562. The third kappa shape index (κ3) is 4.36. The van der Waals surface area contributed by atoms with Gasteiger partial charge in [-0.05, 0) is 44.4 Å². The molecule has 1 atom stereocenters. The standard InChI is InChI=1S/C16H25N3O2/c1-12(2)18-14-6-3-5-13(9-14)10-17-16(21)19-8-4-7-15(19)11-20/h3,5-6,9,12,15,18,20H,4,7-8,10-11H2,1-2H3,(H,17,21)/t15-/m0/s1. The van der Waals surface area contributed by atoms with E-state index < -0.39 is 0 Å². The van der Waals surface area contributed by atoms with Crippen molar-refractivity contribution in [3.8, 4) is 0 Å². The quantitative estimate of drug-likeness (QED) is 0.779. The van der Waals surface area contributed by atoms with Crippen molar-refractivity contribution < 1.29 is 9.90 Å². The average Bonchev–Trinajstić information content (AvgIpc) is 2.93. The summed E-state index contributed by atoms with van der Waals surface area (Å²) in [5, 5.41) is 15.5. The molecule has 5 nitrogen and oxygen atoms in total. The molecule has 0 radical (unpaired) electrons. The Bertz CT molecular complexity index is 476. The molecule has 1 fully saturated rings. The fourth-order valence-corrected chi connectivity index (χ4v) is 2.68. The Hall–Kier alpha value is -1.75. The van der Waals surface area contributed by atoms with Gasteiger partial charge in [0.1, 0.15) is 0 Å². The first kappa shape index (κ1) is 15.6. The van der Waals surface area contributed by atoms with Gasteiger partial charge in [0.2, 0.25) is 0 Å². The van der Waals surface area contributed by atoms with Gasteiger partial charge in [-0.25, -0.2) is 4.79 Å². The molecule has 0 bridgehead atoms. The van der Waals surface area contributed by atoms with Gasteiger partial charge >= 0.3 is 6.03 Å². The Kier molecular flexibility index (Phi) is 5.44. The number of nitrogens with one attached hydrogen (secondary N) is 2. The number of benzene rings is 1. The van der Waals surface area contributed by atoms with E-state index >= 15 is 0 Å². The van der Waals surface area contributed by atoms with Crippen LogP contribution in [0.1, 0.15) is 32.3 Å². The van der Waals surface area contributed by atoms with E-state index in [4.69, 9.17) is 0 Å². The normalized spacial score (nSPS) is 18.1. The molecule has 1 heterocycles. The first-order valence-corrected chi connectivity index (χ1v) is 7.61. The van der Waals surface area contributed by atoms with Gasteiger partial charge in [0.25, 0.3) is 0 Å². The second-order valence-corrected chi connectivity index (χ2v) is 5.83. The summed E-state index contributed by atoms with van der Waals surface area (Å²) < 4.78 is 0. The first-order valence-electron chi connectivity index (χ1n) is 7.61. The molecule has 1 aliphatic rings. The van der Waals surface area contributed by atoms with Crippen molar-refractivity contribution in [3.05, 3.63) is 29.8 Å². The lowest BCUT2D eigenvalue weighted by Crippen LogP contribution is -2.43. The van der Waals surface area contributed by atoms with E-state index in [2.05, 4.69) is 24.5 Å². The lowest BCUT2D eigenvalue weighted by Gasteiger charge is -2.23. The number of anilines is 1. The summed E-state index contributed by atoms with van der Waals surface area (Å²) in [5.41, 5.74) is 2.12.